The van der Waals surface area contributed by atoms with E-state index in [0.29, 0.717) is 36.2 Å². The molecule has 1 amide bonds. The number of oxazole rings is 1. The number of hydrogen-bond acceptors (Lipinski definition) is 5. The van der Waals surface area contributed by atoms with Crippen molar-refractivity contribution in [1.29, 1.82) is 0 Å². The summed E-state index contributed by atoms with van der Waals surface area (Å²) in [6.07, 6.45) is 3.85. The second-order valence-corrected chi connectivity index (χ2v) is 8.20. The highest BCUT2D eigenvalue weighted by atomic mass is 35.5. The van der Waals surface area contributed by atoms with E-state index >= 15 is 0 Å². The van der Waals surface area contributed by atoms with Gasteiger partial charge in [0, 0.05) is 44.7 Å². The molecule has 0 aliphatic carbocycles. The molecular weight excluding hydrogens is 420 g/mol. The molecule has 1 fully saturated rings. The van der Waals surface area contributed by atoms with E-state index < -0.39 is 11.2 Å². The SMILES string of the molecule is Cn1c(C(=O)N2CCC[C@H](c3ncc(Cc4ccccc4Cl)o3)C2)cc(=O)n(C)c1=O. The number of halogens is 1. The molecule has 1 atom stereocenters. The Morgan fingerprint density at radius 3 is 2.77 bits per heavy atom. The minimum Gasteiger partial charge on any atom is -0.445 e. The van der Waals surface area contributed by atoms with Gasteiger partial charge < -0.3 is 9.32 Å². The Balaban J connectivity index is 1.51. The van der Waals surface area contributed by atoms with Crippen LogP contribution in [0, 0.1) is 0 Å². The van der Waals surface area contributed by atoms with Crippen LogP contribution in [0.25, 0.3) is 0 Å². The number of carbonyl (C=O) groups excluding carboxylic acids is 1. The third-order valence-electron chi connectivity index (χ3n) is 5.70. The molecule has 0 N–H and O–H groups in total. The highest BCUT2D eigenvalue weighted by Crippen LogP contribution is 2.28. The number of hydrogen-bond donors (Lipinski definition) is 0. The quantitative estimate of drug-likeness (QED) is 0.618. The fourth-order valence-corrected chi connectivity index (χ4v) is 4.09. The topological polar surface area (TPSA) is 90.3 Å². The number of likely N-dealkylation sites (tertiary alicyclic amines) is 1. The lowest BCUT2D eigenvalue weighted by atomic mass is 9.97. The summed E-state index contributed by atoms with van der Waals surface area (Å²) in [5, 5.41) is 0.675. The monoisotopic (exact) mass is 442 g/mol. The molecule has 31 heavy (non-hydrogen) atoms. The summed E-state index contributed by atoms with van der Waals surface area (Å²) in [5.41, 5.74) is 0.0118. The molecule has 2 aromatic heterocycles. The molecule has 1 saturated heterocycles. The molecule has 3 aromatic rings. The third kappa shape index (κ3) is 4.20. The Morgan fingerprint density at radius 1 is 1.23 bits per heavy atom. The Bertz CT molecular complexity index is 1240. The van der Waals surface area contributed by atoms with E-state index in [2.05, 4.69) is 4.98 Å². The van der Waals surface area contributed by atoms with Crippen LogP contribution in [0.5, 0.6) is 0 Å². The fourth-order valence-electron chi connectivity index (χ4n) is 3.89. The lowest BCUT2D eigenvalue weighted by Gasteiger charge is -2.31. The molecule has 3 heterocycles. The highest BCUT2D eigenvalue weighted by molar-refractivity contribution is 6.31. The Labute approximate surface area is 183 Å². The van der Waals surface area contributed by atoms with Crippen LogP contribution < -0.4 is 11.2 Å². The van der Waals surface area contributed by atoms with Gasteiger partial charge in [-0.1, -0.05) is 29.8 Å². The van der Waals surface area contributed by atoms with Crippen LogP contribution in [0.3, 0.4) is 0 Å². The molecule has 0 unspecified atom stereocenters. The van der Waals surface area contributed by atoms with Crippen molar-refractivity contribution < 1.29 is 9.21 Å². The van der Waals surface area contributed by atoms with Gasteiger partial charge in [0.1, 0.15) is 11.5 Å². The van der Waals surface area contributed by atoms with Gasteiger partial charge in [0.25, 0.3) is 11.5 Å². The minimum absolute atomic E-state index is 0.0544. The van der Waals surface area contributed by atoms with Gasteiger partial charge in [0.15, 0.2) is 5.89 Å². The Hall–Kier alpha value is -3.13. The summed E-state index contributed by atoms with van der Waals surface area (Å²) < 4.78 is 8.16. The maximum Gasteiger partial charge on any atom is 0.331 e. The molecule has 1 aromatic carbocycles. The first-order valence-electron chi connectivity index (χ1n) is 10.1. The second-order valence-electron chi connectivity index (χ2n) is 7.79. The zero-order valence-corrected chi connectivity index (χ0v) is 18.1. The maximum absolute atomic E-state index is 13.0. The van der Waals surface area contributed by atoms with Crippen molar-refractivity contribution in [3.8, 4) is 0 Å². The van der Waals surface area contributed by atoms with Gasteiger partial charge in [0.05, 0.1) is 12.1 Å². The Kier molecular flexibility index (Phi) is 5.82. The maximum atomic E-state index is 13.0. The summed E-state index contributed by atoms with van der Waals surface area (Å²) in [5.74, 6) is 0.893. The molecule has 4 rings (SSSR count). The number of rotatable bonds is 4. The molecule has 0 bridgehead atoms. The first-order chi connectivity index (χ1) is 14.8. The van der Waals surface area contributed by atoms with Gasteiger partial charge >= 0.3 is 5.69 Å². The molecule has 162 valence electrons. The lowest BCUT2D eigenvalue weighted by Crippen LogP contribution is -2.44. The van der Waals surface area contributed by atoms with Crippen molar-refractivity contribution in [3.63, 3.8) is 0 Å². The number of piperidine rings is 1. The standard InChI is InChI=1S/C22H23ClN4O4/c1-25-18(11-19(28)26(2)22(25)30)21(29)27-9-5-7-15(13-27)20-24-12-16(31-20)10-14-6-3-4-8-17(14)23/h3-4,6,8,11-12,15H,5,7,9-10,13H2,1-2H3/t15-/m0/s1. The van der Waals surface area contributed by atoms with Crippen molar-refractivity contribution in [2.75, 3.05) is 13.1 Å². The minimum atomic E-state index is -0.527. The van der Waals surface area contributed by atoms with Crippen LogP contribution in [0.1, 0.15) is 46.5 Å². The van der Waals surface area contributed by atoms with E-state index in [1.807, 2.05) is 24.3 Å². The fraction of sp³-hybridized carbons (Fsp3) is 0.364. The zero-order chi connectivity index (χ0) is 22.1. The van der Waals surface area contributed by atoms with Crippen LogP contribution in [0.15, 0.2) is 50.5 Å². The van der Waals surface area contributed by atoms with Crippen molar-refractivity contribution in [1.82, 2.24) is 19.0 Å². The van der Waals surface area contributed by atoms with E-state index in [1.54, 1.807) is 11.1 Å². The first-order valence-corrected chi connectivity index (χ1v) is 10.5. The van der Waals surface area contributed by atoms with E-state index in [-0.39, 0.29) is 17.5 Å². The largest absolute Gasteiger partial charge is 0.445 e. The number of amides is 1. The zero-order valence-electron chi connectivity index (χ0n) is 17.4. The first kappa shape index (κ1) is 21.1. The summed E-state index contributed by atoms with van der Waals surface area (Å²) >= 11 is 6.23. The van der Waals surface area contributed by atoms with Crippen molar-refractivity contribution in [2.24, 2.45) is 14.1 Å². The van der Waals surface area contributed by atoms with Crippen LogP contribution in [-0.2, 0) is 20.5 Å². The number of carbonyl (C=O) groups is 1. The number of nitrogens with zero attached hydrogens (tertiary/aromatic N) is 4. The molecule has 0 saturated carbocycles. The Morgan fingerprint density at radius 2 is 2.00 bits per heavy atom. The van der Waals surface area contributed by atoms with Gasteiger partial charge in [0.2, 0.25) is 0 Å². The smallest absolute Gasteiger partial charge is 0.331 e. The van der Waals surface area contributed by atoms with Crippen molar-refractivity contribution in [3.05, 3.63) is 85.3 Å². The molecule has 9 heteroatoms. The average Bonchev–Trinajstić information content (AvgIpc) is 3.24. The van der Waals surface area contributed by atoms with Gasteiger partial charge in [-0.05, 0) is 24.5 Å². The lowest BCUT2D eigenvalue weighted by molar-refractivity contribution is 0.0685. The van der Waals surface area contributed by atoms with Gasteiger partial charge in [-0.15, -0.1) is 0 Å². The van der Waals surface area contributed by atoms with E-state index in [0.717, 1.165) is 23.0 Å². The molecule has 8 nitrogen and oxygen atoms in total. The van der Waals surface area contributed by atoms with Crippen LogP contribution in [0.4, 0.5) is 0 Å². The van der Waals surface area contributed by atoms with Crippen LogP contribution in [-0.4, -0.2) is 38.0 Å². The molecule has 1 aliphatic heterocycles. The molecule has 0 radical (unpaired) electrons. The predicted molar refractivity (Wildman–Crippen MR) is 116 cm³/mol. The number of aromatic nitrogens is 3. The van der Waals surface area contributed by atoms with Crippen molar-refractivity contribution in [2.45, 2.75) is 25.2 Å². The summed E-state index contributed by atoms with van der Waals surface area (Å²) in [7, 11) is 2.88. The third-order valence-corrected chi connectivity index (χ3v) is 6.07. The predicted octanol–water partition coefficient (Wildman–Crippen LogP) is 2.34. The van der Waals surface area contributed by atoms with Gasteiger partial charge in [-0.3, -0.25) is 18.7 Å². The molecular formula is C22H23ClN4O4. The van der Waals surface area contributed by atoms with E-state index in [4.69, 9.17) is 16.0 Å². The number of benzene rings is 1. The van der Waals surface area contributed by atoms with Gasteiger partial charge in [-0.2, -0.15) is 0 Å². The summed E-state index contributed by atoms with van der Waals surface area (Å²) in [6.45, 7) is 0.959. The van der Waals surface area contributed by atoms with Crippen LogP contribution >= 0.6 is 11.6 Å². The summed E-state index contributed by atoms with van der Waals surface area (Å²) in [4.78, 5) is 43.3. The molecule has 0 spiro atoms. The normalized spacial score (nSPS) is 16.5. The highest BCUT2D eigenvalue weighted by Gasteiger charge is 2.30. The van der Waals surface area contributed by atoms with Crippen molar-refractivity contribution >= 4 is 17.5 Å². The van der Waals surface area contributed by atoms with Gasteiger partial charge in [-0.25, -0.2) is 9.78 Å². The second kappa shape index (κ2) is 8.55. The average molecular weight is 443 g/mol. The van der Waals surface area contributed by atoms with E-state index in [1.165, 1.54) is 24.7 Å². The van der Waals surface area contributed by atoms with E-state index in [9.17, 15) is 14.4 Å². The van der Waals surface area contributed by atoms with Crippen LogP contribution in [0.2, 0.25) is 5.02 Å². The summed E-state index contributed by atoms with van der Waals surface area (Å²) in [6, 6.07) is 8.79. The molecule has 1 aliphatic rings.